The summed E-state index contributed by atoms with van der Waals surface area (Å²) < 4.78 is 31.6. The van der Waals surface area contributed by atoms with E-state index in [2.05, 4.69) is 9.98 Å². The summed E-state index contributed by atoms with van der Waals surface area (Å²) in [7, 11) is -4.67. The molecule has 1 aromatic carbocycles. The van der Waals surface area contributed by atoms with E-state index in [4.69, 9.17) is 17.5 Å². The van der Waals surface area contributed by atoms with E-state index in [9.17, 15) is 4.79 Å². The summed E-state index contributed by atoms with van der Waals surface area (Å²) in [5.74, 6) is 0. The fourth-order valence-corrected chi connectivity index (χ4v) is 0.884. The fourth-order valence-electron chi connectivity index (χ4n) is 0.884. The van der Waals surface area contributed by atoms with E-state index < -0.39 is 16.4 Å². The molecule has 2 N–H and O–H groups in total. The van der Waals surface area contributed by atoms with E-state index in [1.807, 2.05) is 12.1 Å². The van der Waals surface area contributed by atoms with Gasteiger partial charge in [-0.1, -0.05) is 12.1 Å². The number of para-hydroxylation sites is 2. The van der Waals surface area contributed by atoms with Crippen LogP contribution in [0.25, 0.3) is 0 Å². The van der Waals surface area contributed by atoms with Crippen molar-refractivity contribution in [2.75, 3.05) is 0 Å². The van der Waals surface area contributed by atoms with Crippen molar-refractivity contribution in [2.45, 2.75) is 0 Å². The fraction of sp³-hybridized carbons (Fsp3) is 0. The van der Waals surface area contributed by atoms with Crippen LogP contribution in [0.4, 0.5) is 4.79 Å². The highest BCUT2D eigenvalue weighted by molar-refractivity contribution is 7.79. The zero-order valence-corrected chi connectivity index (χ0v) is 8.05. The predicted octanol–water partition coefficient (Wildman–Crippen LogP) is -0.593. The predicted molar refractivity (Wildman–Crippen MR) is 48.3 cm³/mol. The largest absolute Gasteiger partial charge is 0.394 e. The third kappa shape index (κ3) is 4.40. The van der Waals surface area contributed by atoms with E-state index >= 15 is 0 Å². The molecule has 1 heterocycles. The van der Waals surface area contributed by atoms with Gasteiger partial charge in [-0.2, -0.15) is 18.4 Å². The van der Waals surface area contributed by atoms with Gasteiger partial charge in [-0.05, 0) is 12.1 Å². The van der Waals surface area contributed by atoms with Gasteiger partial charge in [0.1, 0.15) is 0 Å². The van der Waals surface area contributed by atoms with E-state index in [0.717, 1.165) is 0 Å². The van der Waals surface area contributed by atoms with Crippen molar-refractivity contribution in [3.63, 3.8) is 0 Å². The third-order valence-electron chi connectivity index (χ3n) is 1.31. The Morgan fingerprint density at radius 3 is 1.67 bits per heavy atom. The molecule has 0 atom stereocenters. The van der Waals surface area contributed by atoms with Crippen LogP contribution in [0.3, 0.4) is 0 Å². The number of benzene rings is 1. The van der Waals surface area contributed by atoms with Crippen LogP contribution in [0.5, 0.6) is 0 Å². The van der Waals surface area contributed by atoms with Crippen LogP contribution in [-0.4, -0.2) is 23.6 Å². The summed E-state index contributed by atoms with van der Waals surface area (Å²) in [5.41, 5.74) is 0. The zero-order chi connectivity index (χ0) is 11.5. The topological polar surface area (TPSA) is 116 Å². The van der Waals surface area contributed by atoms with Gasteiger partial charge in [-0.3, -0.25) is 9.11 Å². The molecule has 0 bridgehead atoms. The highest BCUT2D eigenvalue weighted by atomic mass is 32.3. The molecule has 0 aliphatic carbocycles. The number of hydrogen-bond acceptors (Lipinski definition) is 3. The van der Waals surface area contributed by atoms with Gasteiger partial charge in [-0.25, -0.2) is 4.79 Å². The van der Waals surface area contributed by atoms with Crippen molar-refractivity contribution >= 4 is 16.4 Å². The molecule has 0 spiro atoms. The SMILES string of the molecule is O=C1N=c2ccccc2=N1.O=S(=O)(O)O. The highest BCUT2D eigenvalue weighted by Crippen LogP contribution is 1.82. The summed E-state index contributed by atoms with van der Waals surface area (Å²) in [6, 6.07) is 6.79. The van der Waals surface area contributed by atoms with Crippen molar-refractivity contribution in [3.8, 4) is 0 Å². The monoisotopic (exact) mass is 230 g/mol. The number of urea groups is 1. The van der Waals surface area contributed by atoms with Gasteiger partial charge in [0.2, 0.25) is 0 Å². The van der Waals surface area contributed by atoms with Gasteiger partial charge in [0.25, 0.3) is 0 Å². The lowest BCUT2D eigenvalue weighted by Crippen LogP contribution is -2.19. The standard InChI is InChI=1S/C7H4N2O.H2O4S/c10-7-8-5-3-1-2-4-6(5)9-7;1-5(2,3)4/h1-4H;(H2,1,2,3,4). The Labute approximate surface area is 84.4 Å². The smallest absolute Gasteiger partial charge is 0.264 e. The molecule has 0 aromatic heterocycles. The van der Waals surface area contributed by atoms with Crippen molar-refractivity contribution in [1.29, 1.82) is 0 Å². The second-order valence-electron chi connectivity index (χ2n) is 2.44. The maximum atomic E-state index is 10.6. The summed E-state index contributed by atoms with van der Waals surface area (Å²) in [6.07, 6.45) is 0. The van der Waals surface area contributed by atoms with Crippen molar-refractivity contribution in [3.05, 3.63) is 35.0 Å². The summed E-state index contributed by atoms with van der Waals surface area (Å²) in [5, 5.41) is 1.35. The minimum atomic E-state index is -4.67. The maximum Gasteiger partial charge on any atom is 0.394 e. The maximum absolute atomic E-state index is 10.6. The summed E-state index contributed by atoms with van der Waals surface area (Å²) in [4.78, 5) is 17.9. The number of rotatable bonds is 0. The molecule has 80 valence electrons. The van der Waals surface area contributed by atoms with Gasteiger partial charge in [0, 0.05) is 0 Å². The Morgan fingerprint density at radius 2 is 1.33 bits per heavy atom. The van der Waals surface area contributed by atoms with E-state index in [0.29, 0.717) is 10.7 Å². The van der Waals surface area contributed by atoms with Gasteiger partial charge in [-0.15, -0.1) is 0 Å². The molecule has 0 saturated carbocycles. The van der Waals surface area contributed by atoms with Gasteiger partial charge >= 0.3 is 16.4 Å². The second kappa shape index (κ2) is 4.26. The average Bonchev–Trinajstić information content (AvgIpc) is 2.40. The molecule has 8 heteroatoms. The van der Waals surface area contributed by atoms with E-state index in [1.165, 1.54) is 0 Å². The molecule has 0 radical (unpaired) electrons. The molecule has 15 heavy (non-hydrogen) atoms. The zero-order valence-electron chi connectivity index (χ0n) is 7.23. The quantitative estimate of drug-likeness (QED) is 0.577. The lowest BCUT2D eigenvalue weighted by molar-refractivity contribution is 0.256. The molecule has 1 aliphatic heterocycles. The minimum absolute atomic E-state index is 0.402. The van der Waals surface area contributed by atoms with Gasteiger partial charge in [0.15, 0.2) is 0 Å². The molecular weight excluding hydrogens is 224 g/mol. The van der Waals surface area contributed by atoms with Crippen LogP contribution in [0.1, 0.15) is 0 Å². The number of carbonyl (C=O) groups excluding carboxylic acids is 1. The van der Waals surface area contributed by atoms with Gasteiger partial charge in [0.05, 0.1) is 10.7 Å². The van der Waals surface area contributed by atoms with Crippen molar-refractivity contribution < 1.29 is 22.3 Å². The minimum Gasteiger partial charge on any atom is -0.264 e. The van der Waals surface area contributed by atoms with Crippen LogP contribution >= 0.6 is 0 Å². The molecule has 2 amide bonds. The van der Waals surface area contributed by atoms with Gasteiger partial charge < -0.3 is 0 Å². The highest BCUT2D eigenvalue weighted by Gasteiger charge is 2.01. The molecule has 1 aromatic rings. The Balaban J connectivity index is 0.000000195. The lowest BCUT2D eigenvalue weighted by atomic mass is 10.3. The lowest BCUT2D eigenvalue weighted by Gasteiger charge is -1.75. The first-order chi connectivity index (χ1) is 6.86. The summed E-state index contributed by atoms with van der Waals surface area (Å²) >= 11 is 0. The van der Waals surface area contributed by atoms with Crippen LogP contribution in [-0.2, 0) is 10.4 Å². The molecule has 1 aliphatic rings. The Morgan fingerprint density at radius 1 is 1.00 bits per heavy atom. The second-order valence-corrected chi connectivity index (χ2v) is 3.34. The number of nitrogens with zero attached hydrogens (tertiary/aromatic N) is 2. The van der Waals surface area contributed by atoms with Crippen LogP contribution in [0.15, 0.2) is 34.3 Å². The molecule has 0 unspecified atom stereocenters. The molecule has 7 nitrogen and oxygen atoms in total. The number of amides is 2. The third-order valence-corrected chi connectivity index (χ3v) is 1.31. The molecule has 2 rings (SSSR count). The van der Waals surface area contributed by atoms with E-state index in [-0.39, 0.29) is 0 Å². The Bertz CT molecular complexity index is 547. The summed E-state index contributed by atoms with van der Waals surface area (Å²) in [6.45, 7) is 0. The normalized spacial score (nSPS) is 13.1. The molecule has 0 saturated heterocycles. The van der Waals surface area contributed by atoms with Crippen molar-refractivity contribution in [1.82, 2.24) is 0 Å². The van der Waals surface area contributed by atoms with Crippen molar-refractivity contribution in [2.24, 2.45) is 9.98 Å². The number of carbonyl (C=O) groups is 1. The van der Waals surface area contributed by atoms with Crippen LogP contribution in [0.2, 0.25) is 0 Å². The molecular formula is C7H6N2O5S. The van der Waals surface area contributed by atoms with Crippen LogP contribution in [0, 0.1) is 0 Å². The number of fused-ring (bicyclic) bond motifs is 1. The average molecular weight is 230 g/mol. The first-order valence-corrected chi connectivity index (χ1v) is 5.02. The first-order valence-electron chi connectivity index (χ1n) is 3.62. The Kier molecular flexibility index (Phi) is 3.24. The number of hydrogen-bond donors (Lipinski definition) is 2. The first kappa shape index (κ1) is 11.4. The van der Waals surface area contributed by atoms with Crippen LogP contribution < -0.4 is 10.7 Å². The molecule has 0 fully saturated rings. The van der Waals surface area contributed by atoms with E-state index in [1.54, 1.807) is 12.1 Å². The Hall–Kier alpha value is -1.64.